The van der Waals surface area contributed by atoms with E-state index in [0.29, 0.717) is 22.4 Å². The SMILES string of the molecule is CN=C(C)C1=C(N)C(=O)N(c2ccc3nc[nH]c3c2)C1c1ccc(N2CCC(F)(F)C2)c(F)c1F. The number of hydrogen-bond acceptors (Lipinski definition) is 5. The molecule has 1 fully saturated rings. The van der Waals surface area contributed by atoms with Crippen LogP contribution in [-0.2, 0) is 4.79 Å². The minimum Gasteiger partial charge on any atom is -0.394 e. The van der Waals surface area contributed by atoms with Gasteiger partial charge in [-0.3, -0.25) is 14.7 Å². The molecule has 182 valence electrons. The van der Waals surface area contributed by atoms with Gasteiger partial charge in [-0.15, -0.1) is 0 Å². The number of carbonyl (C=O) groups excluding carboxylic acids is 1. The van der Waals surface area contributed by atoms with Crippen LogP contribution in [0.5, 0.6) is 0 Å². The summed E-state index contributed by atoms with van der Waals surface area (Å²) in [6.45, 7) is 0.834. The number of H-pyrrole nitrogens is 1. The van der Waals surface area contributed by atoms with Crippen LogP contribution in [0.25, 0.3) is 11.0 Å². The number of hydrogen-bond donors (Lipinski definition) is 2. The lowest BCUT2D eigenvalue weighted by molar-refractivity contribution is -0.114. The molecule has 5 rings (SSSR count). The molecule has 11 heteroatoms. The second-order valence-corrected chi connectivity index (χ2v) is 8.65. The number of anilines is 2. The van der Waals surface area contributed by atoms with Crippen LogP contribution >= 0.6 is 0 Å². The Kier molecular flexibility index (Phi) is 5.30. The van der Waals surface area contributed by atoms with Gasteiger partial charge in [-0.1, -0.05) is 6.07 Å². The van der Waals surface area contributed by atoms with E-state index in [1.807, 2.05) is 0 Å². The predicted octanol–water partition coefficient (Wildman–Crippen LogP) is 4.08. The zero-order chi connectivity index (χ0) is 25.1. The predicted molar refractivity (Wildman–Crippen MR) is 125 cm³/mol. The van der Waals surface area contributed by atoms with E-state index in [0.717, 1.165) is 4.90 Å². The van der Waals surface area contributed by atoms with Crippen LogP contribution in [0.15, 0.2) is 52.9 Å². The number of aromatic nitrogens is 2. The molecule has 0 bridgehead atoms. The monoisotopic (exact) mass is 486 g/mol. The number of rotatable bonds is 4. The van der Waals surface area contributed by atoms with Crippen molar-refractivity contribution in [1.82, 2.24) is 9.97 Å². The highest BCUT2D eigenvalue weighted by Gasteiger charge is 2.44. The zero-order valence-corrected chi connectivity index (χ0v) is 18.9. The van der Waals surface area contributed by atoms with Gasteiger partial charge in [0.15, 0.2) is 11.6 Å². The summed E-state index contributed by atoms with van der Waals surface area (Å²) >= 11 is 0. The number of amides is 1. The fraction of sp³-hybridized carbons (Fsp3) is 0.292. The van der Waals surface area contributed by atoms with Crippen molar-refractivity contribution in [1.29, 1.82) is 0 Å². The first-order chi connectivity index (χ1) is 16.6. The Morgan fingerprint density at radius 2 is 2.00 bits per heavy atom. The summed E-state index contributed by atoms with van der Waals surface area (Å²) in [7, 11) is 1.50. The highest BCUT2D eigenvalue weighted by molar-refractivity contribution is 6.18. The fourth-order valence-electron chi connectivity index (χ4n) is 4.74. The molecule has 1 aromatic heterocycles. The molecular weight excluding hydrogens is 464 g/mol. The lowest BCUT2D eigenvalue weighted by Gasteiger charge is -2.29. The minimum atomic E-state index is -2.97. The van der Waals surface area contributed by atoms with Crippen molar-refractivity contribution in [3.63, 3.8) is 0 Å². The van der Waals surface area contributed by atoms with Gasteiger partial charge in [0.25, 0.3) is 11.8 Å². The topological polar surface area (TPSA) is 90.6 Å². The van der Waals surface area contributed by atoms with Crippen molar-refractivity contribution in [2.75, 3.05) is 29.9 Å². The Bertz CT molecular complexity index is 1410. The molecule has 3 N–H and O–H groups in total. The highest BCUT2D eigenvalue weighted by atomic mass is 19.3. The minimum absolute atomic E-state index is 0.0966. The maximum absolute atomic E-state index is 15.6. The van der Waals surface area contributed by atoms with Crippen molar-refractivity contribution in [3.05, 3.63) is 65.1 Å². The van der Waals surface area contributed by atoms with Crippen LogP contribution in [-0.4, -0.2) is 47.6 Å². The number of nitrogens with one attached hydrogen (secondary N) is 1. The smallest absolute Gasteiger partial charge is 0.275 e. The van der Waals surface area contributed by atoms with Gasteiger partial charge < -0.3 is 15.6 Å². The maximum Gasteiger partial charge on any atom is 0.275 e. The normalized spacial score (nSPS) is 20.6. The number of aliphatic imine (C=N–C) groups is 1. The van der Waals surface area contributed by atoms with Crippen LogP contribution < -0.4 is 15.5 Å². The first-order valence-electron chi connectivity index (χ1n) is 10.9. The molecule has 3 aromatic rings. The number of fused-ring (bicyclic) bond motifs is 1. The number of benzene rings is 2. The molecule has 0 aliphatic carbocycles. The van der Waals surface area contributed by atoms with E-state index in [2.05, 4.69) is 15.0 Å². The zero-order valence-electron chi connectivity index (χ0n) is 18.9. The summed E-state index contributed by atoms with van der Waals surface area (Å²) in [6, 6.07) is 6.45. The number of alkyl halides is 2. The molecule has 1 unspecified atom stereocenters. The first kappa shape index (κ1) is 22.9. The second kappa shape index (κ2) is 8.10. The van der Waals surface area contributed by atoms with Gasteiger partial charge in [0.05, 0.1) is 35.6 Å². The molecule has 2 aliphatic rings. The lowest BCUT2D eigenvalue weighted by Crippen LogP contribution is -2.32. The first-order valence-corrected chi connectivity index (χ1v) is 10.9. The third kappa shape index (κ3) is 3.62. The van der Waals surface area contributed by atoms with E-state index in [1.54, 1.807) is 25.1 Å². The van der Waals surface area contributed by atoms with Gasteiger partial charge in [-0.2, -0.15) is 0 Å². The Morgan fingerprint density at radius 3 is 2.69 bits per heavy atom. The largest absolute Gasteiger partial charge is 0.394 e. The van der Waals surface area contributed by atoms with Crippen molar-refractivity contribution in [3.8, 4) is 0 Å². The van der Waals surface area contributed by atoms with Crippen molar-refractivity contribution in [2.45, 2.75) is 25.3 Å². The summed E-state index contributed by atoms with van der Waals surface area (Å²) in [6.07, 6.45) is 1.06. The average Bonchev–Trinajstić information content (AvgIpc) is 3.51. The third-order valence-corrected chi connectivity index (χ3v) is 6.57. The quantitative estimate of drug-likeness (QED) is 0.430. The molecule has 1 amide bonds. The fourth-order valence-corrected chi connectivity index (χ4v) is 4.74. The molecule has 0 saturated carbocycles. The van der Waals surface area contributed by atoms with Crippen molar-refractivity contribution >= 4 is 34.0 Å². The third-order valence-electron chi connectivity index (χ3n) is 6.57. The van der Waals surface area contributed by atoms with E-state index in [-0.39, 0.29) is 29.1 Å². The van der Waals surface area contributed by atoms with Gasteiger partial charge in [0.2, 0.25) is 0 Å². The molecule has 7 nitrogen and oxygen atoms in total. The number of carbonyl (C=O) groups is 1. The van der Waals surface area contributed by atoms with Crippen LogP contribution in [0, 0.1) is 11.6 Å². The molecule has 2 aliphatic heterocycles. The van der Waals surface area contributed by atoms with Crippen LogP contribution in [0.2, 0.25) is 0 Å². The molecule has 1 saturated heterocycles. The van der Waals surface area contributed by atoms with Gasteiger partial charge in [-0.05, 0) is 31.2 Å². The number of halogens is 4. The Hall–Kier alpha value is -3.89. The van der Waals surface area contributed by atoms with Crippen LogP contribution in [0.3, 0.4) is 0 Å². The van der Waals surface area contributed by atoms with E-state index >= 15 is 8.78 Å². The number of aromatic amines is 1. The van der Waals surface area contributed by atoms with Crippen LogP contribution in [0.4, 0.5) is 28.9 Å². The van der Waals surface area contributed by atoms with Crippen molar-refractivity contribution < 1.29 is 22.4 Å². The molecule has 0 radical (unpaired) electrons. The molecule has 0 spiro atoms. The summed E-state index contributed by atoms with van der Waals surface area (Å²) in [5.74, 6) is -6.05. The second-order valence-electron chi connectivity index (χ2n) is 8.65. The average molecular weight is 486 g/mol. The molecular formula is C24H22F4N6O. The van der Waals surface area contributed by atoms with Gasteiger partial charge >= 0.3 is 0 Å². The van der Waals surface area contributed by atoms with E-state index in [9.17, 15) is 13.6 Å². The highest BCUT2D eigenvalue weighted by Crippen LogP contribution is 2.43. The summed E-state index contributed by atoms with van der Waals surface area (Å²) < 4.78 is 58.2. The molecule has 35 heavy (non-hydrogen) atoms. The number of imidazole rings is 1. The number of nitrogens with two attached hydrogens (primary N) is 1. The Labute approximate surface area is 197 Å². The Balaban J connectivity index is 1.65. The molecule has 2 aromatic carbocycles. The summed E-state index contributed by atoms with van der Waals surface area (Å²) in [5.41, 5.74) is 7.95. The van der Waals surface area contributed by atoms with Gasteiger partial charge in [0.1, 0.15) is 5.70 Å². The van der Waals surface area contributed by atoms with Crippen LogP contribution in [0.1, 0.15) is 24.9 Å². The Morgan fingerprint density at radius 1 is 1.23 bits per heavy atom. The van der Waals surface area contributed by atoms with Crippen molar-refractivity contribution in [2.24, 2.45) is 10.7 Å². The maximum atomic E-state index is 15.6. The number of nitrogens with zero attached hydrogens (tertiary/aromatic N) is 4. The standard InChI is InChI=1S/C24H22F4N6O/c1-12(30-2)18-21(29)23(35)34(13-3-5-15-16(9-13)32-11-31-15)22(18)14-4-6-17(20(26)19(14)25)33-8-7-24(27,28)10-33/h3-6,9,11,22H,7-8,10,29H2,1-2H3,(H,31,32). The molecule has 3 heterocycles. The van der Waals surface area contributed by atoms with E-state index in [4.69, 9.17) is 5.73 Å². The summed E-state index contributed by atoms with van der Waals surface area (Å²) in [5, 5.41) is 0. The lowest BCUT2D eigenvalue weighted by atomic mass is 9.94. The van der Waals surface area contributed by atoms with E-state index in [1.165, 1.54) is 30.4 Å². The molecule has 1 atom stereocenters. The van der Waals surface area contributed by atoms with Gasteiger partial charge in [-0.25, -0.2) is 22.5 Å². The van der Waals surface area contributed by atoms with Gasteiger partial charge in [0, 0.05) is 42.5 Å². The summed E-state index contributed by atoms with van der Waals surface area (Å²) in [4.78, 5) is 26.9. The van der Waals surface area contributed by atoms with E-state index < -0.39 is 42.5 Å².